The average molecular weight is 475 g/mol. The molecule has 0 unspecified atom stereocenters. The minimum atomic E-state index is 0. The van der Waals surface area contributed by atoms with Crippen LogP contribution in [-0.4, -0.2) is 62.3 Å². The van der Waals surface area contributed by atoms with Gasteiger partial charge < -0.3 is 9.47 Å². The average Bonchev–Trinajstić information content (AvgIpc) is 3.18. The molecule has 3 heterocycles. The second-order valence-electron chi connectivity index (χ2n) is 8.92. The highest BCUT2D eigenvalue weighted by Crippen LogP contribution is 2.37. The zero-order valence-corrected chi connectivity index (χ0v) is 20.5. The highest BCUT2D eigenvalue weighted by molar-refractivity contribution is 7.25. The Bertz CT molecular complexity index is 918. The highest BCUT2D eigenvalue weighted by Gasteiger charge is 2.12. The van der Waals surface area contributed by atoms with E-state index in [4.69, 9.17) is 9.47 Å². The van der Waals surface area contributed by atoms with Crippen LogP contribution in [0.5, 0.6) is 11.5 Å². The molecule has 0 bridgehead atoms. The third-order valence-corrected chi connectivity index (χ3v) is 7.81. The van der Waals surface area contributed by atoms with Gasteiger partial charge >= 0.3 is 0 Å². The number of ether oxygens (including phenoxy) is 2. The lowest BCUT2D eigenvalue weighted by Gasteiger charge is -2.26. The Labute approximate surface area is 201 Å². The summed E-state index contributed by atoms with van der Waals surface area (Å²) in [6.45, 7) is 8.46. The number of thiophene rings is 1. The number of benzene rings is 2. The Morgan fingerprint density at radius 1 is 0.625 bits per heavy atom. The second-order valence-corrected chi connectivity index (χ2v) is 10.0. The molecule has 32 heavy (non-hydrogen) atoms. The molecule has 0 spiro atoms. The van der Waals surface area contributed by atoms with Crippen molar-refractivity contribution in [2.45, 2.75) is 38.5 Å². The van der Waals surface area contributed by atoms with E-state index in [0.717, 1.165) is 37.8 Å². The fraction of sp³-hybridized carbons (Fsp3) is 0.538. The number of hydrogen-bond donors (Lipinski definition) is 0. The quantitative estimate of drug-likeness (QED) is 0.387. The monoisotopic (exact) mass is 474 g/mol. The van der Waals surface area contributed by atoms with E-state index in [9.17, 15) is 0 Å². The van der Waals surface area contributed by atoms with Crippen molar-refractivity contribution in [2.24, 2.45) is 0 Å². The summed E-state index contributed by atoms with van der Waals surface area (Å²) in [7, 11) is 0. The van der Waals surface area contributed by atoms with Gasteiger partial charge in [-0.2, -0.15) is 0 Å². The molecule has 0 aliphatic carbocycles. The Balaban J connectivity index is 0.00000245. The zero-order chi connectivity index (χ0) is 20.9. The maximum absolute atomic E-state index is 6.12. The number of fused-ring (bicyclic) bond motifs is 3. The van der Waals surface area contributed by atoms with Crippen LogP contribution >= 0.6 is 23.7 Å². The van der Waals surface area contributed by atoms with Crippen LogP contribution in [-0.2, 0) is 0 Å². The van der Waals surface area contributed by atoms with Gasteiger partial charge in [-0.25, -0.2) is 0 Å². The Morgan fingerprint density at radius 2 is 1.06 bits per heavy atom. The predicted octanol–water partition coefficient (Wildman–Crippen LogP) is 6.21. The van der Waals surface area contributed by atoms with E-state index in [0.29, 0.717) is 0 Å². The molecular formula is C26H35ClN2O2S. The van der Waals surface area contributed by atoms with Gasteiger partial charge in [-0.15, -0.1) is 23.7 Å². The van der Waals surface area contributed by atoms with Gasteiger partial charge in [-0.3, -0.25) is 9.80 Å². The van der Waals surface area contributed by atoms with E-state index in [2.05, 4.69) is 46.2 Å². The summed E-state index contributed by atoms with van der Waals surface area (Å²) in [6.07, 6.45) is 8.07. The zero-order valence-electron chi connectivity index (χ0n) is 18.9. The number of likely N-dealkylation sites (tertiary alicyclic amines) is 2. The van der Waals surface area contributed by atoms with Crippen molar-refractivity contribution in [1.82, 2.24) is 9.80 Å². The van der Waals surface area contributed by atoms with Crippen LogP contribution in [0.2, 0.25) is 0 Å². The molecule has 0 radical (unpaired) electrons. The molecule has 0 atom stereocenters. The first-order valence-corrected chi connectivity index (χ1v) is 12.8. The third kappa shape index (κ3) is 5.88. The molecule has 0 N–H and O–H groups in total. The first kappa shape index (κ1) is 23.6. The van der Waals surface area contributed by atoms with E-state index in [1.165, 1.54) is 84.9 Å². The Kier molecular flexibility index (Phi) is 8.53. The molecule has 2 aliphatic rings. The summed E-state index contributed by atoms with van der Waals surface area (Å²) in [4.78, 5) is 5.05. The van der Waals surface area contributed by atoms with Crippen LogP contribution in [0, 0.1) is 0 Å². The highest BCUT2D eigenvalue weighted by atomic mass is 35.5. The van der Waals surface area contributed by atoms with Gasteiger partial charge in [0.25, 0.3) is 0 Å². The molecule has 6 heteroatoms. The maximum atomic E-state index is 6.12. The topological polar surface area (TPSA) is 24.9 Å². The van der Waals surface area contributed by atoms with Gasteiger partial charge in [0.1, 0.15) is 24.7 Å². The van der Waals surface area contributed by atoms with Crippen LogP contribution in [0.4, 0.5) is 0 Å². The molecule has 4 nitrogen and oxygen atoms in total. The molecule has 2 aromatic carbocycles. The van der Waals surface area contributed by atoms with Crippen LogP contribution in [0.25, 0.3) is 20.2 Å². The number of piperidine rings is 2. The number of halogens is 1. The third-order valence-electron chi connectivity index (χ3n) is 6.66. The normalized spacial score (nSPS) is 18.0. The van der Waals surface area contributed by atoms with Gasteiger partial charge in [0, 0.05) is 33.3 Å². The number of hydrogen-bond acceptors (Lipinski definition) is 5. The van der Waals surface area contributed by atoms with E-state index >= 15 is 0 Å². The SMILES string of the molecule is Cl.c1cc2sc3ccc(OCCN4CCCCC4)cc3c2cc1OCCN1CCCCC1. The summed E-state index contributed by atoms with van der Waals surface area (Å²) < 4.78 is 14.9. The van der Waals surface area contributed by atoms with Gasteiger partial charge in [-0.05, 0) is 88.3 Å². The van der Waals surface area contributed by atoms with Crippen LogP contribution in [0.1, 0.15) is 38.5 Å². The van der Waals surface area contributed by atoms with Crippen molar-refractivity contribution in [1.29, 1.82) is 0 Å². The van der Waals surface area contributed by atoms with E-state index in [1.54, 1.807) is 0 Å². The lowest BCUT2D eigenvalue weighted by molar-refractivity contribution is 0.183. The lowest BCUT2D eigenvalue weighted by atomic mass is 10.1. The van der Waals surface area contributed by atoms with Crippen LogP contribution in [0.15, 0.2) is 36.4 Å². The molecule has 174 valence electrons. The summed E-state index contributed by atoms with van der Waals surface area (Å²) in [5.74, 6) is 1.95. The van der Waals surface area contributed by atoms with Crippen LogP contribution in [0.3, 0.4) is 0 Å². The van der Waals surface area contributed by atoms with Crippen molar-refractivity contribution in [2.75, 3.05) is 52.5 Å². The van der Waals surface area contributed by atoms with Crippen molar-refractivity contribution in [3.63, 3.8) is 0 Å². The molecule has 2 saturated heterocycles. The van der Waals surface area contributed by atoms with E-state index in [1.807, 2.05) is 11.3 Å². The fourth-order valence-corrected chi connectivity index (χ4v) is 5.93. The first-order valence-electron chi connectivity index (χ1n) is 12.0. The molecule has 0 saturated carbocycles. The van der Waals surface area contributed by atoms with Gasteiger partial charge in [0.2, 0.25) is 0 Å². The summed E-state index contributed by atoms with van der Waals surface area (Å²) >= 11 is 1.84. The van der Waals surface area contributed by atoms with Crippen molar-refractivity contribution >= 4 is 43.9 Å². The Hall–Kier alpha value is -1.53. The number of nitrogens with zero attached hydrogens (tertiary/aromatic N) is 2. The molecule has 1 aromatic heterocycles. The van der Waals surface area contributed by atoms with E-state index in [-0.39, 0.29) is 12.4 Å². The largest absolute Gasteiger partial charge is 0.492 e. The summed E-state index contributed by atoms with van der Waals surface area (Å²) in [6, 6.07) is 13.1. The standard InChI is InChI=1S/C26H34N2O2S.ClH/c1-3-11-27(12-4-1)15-17-29-21-7-9-25-23(19-21)24-20-22(8-10-26(24)31-25)30-18-16-28-13-5-2-6-14-28;/h7-10,19-20H,1-6,11-18H2;1H. The van der Waals surface area contributed by atoms with Crippen molar-refractivity contribution in [3.8, 4) is 11.5 Å². The number of rotatable bonds is 8. The maximum Gasteiger partial charge on any atom is 0.120 e. The predicted molar refractivity (Wildman–Crippen MR) is 138 cm³/mol. The van der Waals surface area contributed by atoms with Gasteiger partial charge in [-0.1, -0.05) is 12.8 Å². The summed E-state index contributed by atoms with van der Waals surface area (Å²) in [5, 5.41) is 2.55. The molecule has 0 amide bonds. The van der Waals surface area contributed by atoms with Gasteiger partial charge in [0.05, 0.1) is 0 Å². The smallest absolute Gasteiger partial charge is 0.120 e. The first-order chi connectivity index (χ1) is 15.3. The minimum Gasteiger partial charge on any atom is -0.492 e. The molecule has 2 aliphatic heterocycles. The fourth-order valence-electron chi connectivity index (χ4n) is 4.87. The van der Waals surface area contributed by atoms with E-state index < -0.39 is 0 Å². The van der Waals surface area contributed by atoms with Crippen LogP contribution < -0.4 is 9.47 Å². The van der Waals surface area contributed by atoms with Crippen molar-refractivity contribution < 1.29 is 9.47 Å². The van der Waals surface area contributed by atoms with Gasteiger partial charge in [0.15, 0.2) is 0 Å². The van der Waals surface area contributed by atoms with Crippen molar-refractivity contribution in [3.05, 3.63) is 36.4 Å². The summed E-state index contributed by atoms with van der Waals surface area (Å²) in [5.41, 5.74) is 0. The molecular weight excluding hydrogens is 440 g/mol. The molecule has 3 aromatic rings. The lowest BCUT2D eigenvalue weighted by Crippen LogP contribution is -2.33. The molecule has 5 rings (SSSR count). The Morgan fingerprint density at radius 3 is 1.50 bits per heavy atom. The minimum absolute atomic E-state index is 0. The molecule has 2 fully saturated rings. The second kappa shape index (κ2) is 11.6.